The van der Waals surface area contributed by atoms with E-state index in [2.05, 4.69) is 9.97 Å². The summed E-state index contributed by atoms with van der Waals surface area (Å²) in [6, 6.07) is 5.24. The van der Waals surface area contributed by atoms with Crippen LogP contribution in [-0.2, 0) is 0 Å². The fraction of sp³-hybridized carbons (Fsp3) is 0.0909. The molecule has 1 aromatic carbocycles. The second-order valence-corrected chi connectivity index (χ2v) is 3.36. The van der Waals surface area contributed by atoms with E-state index in [1.165, 1.54) is 12.4 Å². The fourth-order valence-electron chi connectivity index (χ4n) is 1.47. The number of nitrogen functional groups attached to an aromatic ring is 1. The lowest BCUT2D eigenvalue weighted by atomic mass is 10.3. The molecule has 86 valence electrons. The van der Waals surface area contributed by atoms with Crippen LogP contribution in [0.25, 0.3) is 0 Å². The van der Waals surface area contributed by atoms with Crippen molar-refractivity contribution in [2.45, 2.75) is 0 Å². The SMILES string of the molecule is Nc1nccnc1Oc1ccc2c(c1)OCO2. The summed E-state index contributed by atoms with van der Waals surface area (Å²) in [7, 11) is 0. The molecule has 0 saturated carbocycles. The van der Waals surface area contributed by atoms with Crippen molar-refractivity contribution < 1.29 is 14.2 Å². The van der Waals surface area contributed by atoms with E-state index in [4.69, 9.17) is 19.9 Å². The quantitative estimate of drug-likeness (QED) is 0.845. The molecule has 0 radical (unpaired) electrons. The highest BCUT2D eigenvalue weighted by molar-refractivity contribution is 5.49. The Morgan fingerprint density at radius 3 is 2.82 bits per heavy atom. The molecule has 0 saturated heterocycles. The summed E-state index contributed by atoms with van der Waals surface area (Å²) in [4.78, 5) is 7.87. The smallest absolute Gasteiger partial charge is 0.262 e. The number of nitrogens with two attached hydrogens (primary N) is 1. The number of nitrogens with zero attached hydrogens (tertiary/aromatic N) is 2. The Hall–Kier alpha value is -2.50. The van der Waals surface area contributed by atoms with Gasteiger partial charge in [-0.3, -0.25) is 0 Å². The molecule has 6 heteroatoms. The van der Waals surface area contributed by atoms with Gasteiger partial charge in [0.05, 0.1) is 0 Å². The molecule has 2 N–H and O–H groups in total. The van der Waals surface area contributed by atoms with Gasteiger partial charge in [-0.05, 0) is 12.1 Å². The molecule has 0 aliphatic carbocycles. The third-order valence-corrected chi connectivity index (χ3v) is 2.25. The summed E-state index contributed by atoms with van der Waals surface area (Å²) in [6.45, 7) is 0.228. The van der Waals surface area contributed by atoms with E-state index < -0.39 is 0 Å². The Morgan fingerprint density at radius 2 is 1.94 bits per heavy atom. The topological polar surface area (TPSA) is 79.5 Å². The molecule has 2 aromatic rings. The van der Waals surface area contributed by atoms with Crippen molar-refractivity contribution in [1.82, 2.24) is 9.97 Å². The maximum absolute atomic E-state index is 5.63. The van der Waals surface area contributed by atoms with E-state index in [0.717, 1.165) is 0 Å². The number of hydrogen-bond donors (Lipinski definition) is 1. The first-order valence-corrected chi connectivity index (χ1v) is 4.97. The van der Waals surface area contributed by atoms with E-state index in [0.29, 0.717) is 17.2 Å². The number of rotatable bonds is 2. The molecule has 0 fully saturated rings. The number of hydrogen-bond acceptors (Lipinski definition) is 6. The molecule has 1 aliphatic rings. The Balaban J connectivity index is 1.89. The van der Waals surface area contributed by atoms with Gasteiger partial charge in [-0.25, -0.2) is 9.97 Å². The normalized spacial score (nSPS) is 12.5. The van der Waals surface area contributed by atoms with Crippen LogP contribution >= 0.6 is 0 Å². The molecule has 17 heavy (non-hydrogen) atoms. The summed E-state index contributed by atoms with van der Waals surface area (Å²) in [5.41, 5.74) is 5.63. The van der Waals surface area contributed by atoms with Crippen LogP contribution in [0.2, 0.25) is 0 Å². The third-order valence-electron chi connectivity index (χ3n) is 2.25. The Morgan fingerprint density at radius 1 is 1.12 bits per heavy atom. The van der Waals surface area contributed by atoms with Crippen molar-refractivity contribution in [3.8, 4) is 23.1 Å². The zero-order valence-corrected chi connectivity index (χ0v) is 8.79. The molecule has 3 rings (SSSR count). The van der Waals surface area contributed by atoms with Crippen LogP contribution in [0.3, 0.4) is 0 Å². The molecule has 0 amide bonds. The zero-order valence-electron chi connectivity index (χ0n) is 8.79. The number of benzene rings is 1. The minimum absolute atomic E-state index is 0.228. The van der Waals surface area contributed by atoms with Crippen LogP contribution in [0.1, 0.15) is 0 Å². The van der Waals surface area contributed by atoms with Gasteiger partial charge in [-0.2, -0.15) is 0 Å². The van der Waals surface area contributed by atoms with E-state index in [1.807, 2.05) is 0 Å². The predicted octanol–water partition coefficient (Wildman–Crippen LogP) is 1.58. The van der Waals surface area contributed by atoms with Gasteiger partial charge in [-0.15, -0.1) is 0 Å². The number of aromatic nitrogens is 2. The lowest BCUT2D eigenvalue weighted by molar-refractivity contribution is 0.174. The van der Waals surface area contributed by atoms with Crippen molar-refractivity contribution in [3.63, 3.8) is 0 Å². The van der Waals surface area contributed by atoms with Crippen LogP contribution in [-0.4, -0.2) is 16.8 Å². The van der Waals surface area contributed by atoms with Gasteiger partial charge < -0.3 is 19.9 Å². The molecular weight excluding hydrogens is 222 g/mol. The molecule has 2 heterocycles. The van der Waals surface area contributed by atoms with Gasteiger partial charge in [0.15, 0.2) is 17.3 Å². The fourth-order valence-corrected chi connectivity index (χ4v) is 1.47. The second kappa shape index (κ2) is 3.82. The van der Waals surface area contributed by atoms with Crippen LogP contribution in [0.5, 0.6) is 23.1 Å². The Kier molecular flexibility index (Phi) is 2.18. The highest BCUT2D eigenvalue weighted by Gasteiger charge is 2.14. The summed E-state index contributed by atoms with van der Waals surface area (Å²) < 4.78 is 15.9. The largest absolute Gasteiger partial charge is 0.454 e. The van der Waals surface area contributed by atoms with Crippen LogP contribution in [0.4, 0.5) is 5.82 Å². The first-order valence-electron chi connectivity index (χ1n) is 4.97. The van der Waals surface area contributed by atoms with E-state index in [1.54, 1.807) is 18.2 Å². The molecule has 0 bridgehead atoms. The van der Waals surface area contributed by atoms with Crippen LogP contribution < -0.4 is 19.9 Å². The van der Waals surface area contributed by atoms with E-state index in [-0.39, 0.29) is 18.5 Å². The van der Waals surface area contributed by atoms with Gasteiger partial charge in [0.1, 0.15) is 5.75 Å². The number of fused-ring (bicyclic) bond motifs is 1. The summed E-state index contributed by atoms with van der Waals surface area (Å²) in [6.07, 6.45) is 3.01. The van der Waals surface area contributed by atoms with Gasteiger partial charge in [0, 0.05) is 18.5 Å². The molecule has 0 atom stereocenters. The highest BCUT2D eigenvalue weighted by atomic mass is 16.7. The molecule has 1 aromatic heterocycles. The first-order chi connectivity index (χ1) is 8.33. The van der Waals surface area contributed by atoms with Crippen molar-refractivity contribution in [2.75, 3.05) is 12.5 Å². The zero-order chi connectivity index (χ0) is 11.7. The third kappa shape index (κ3) is 1.80. The van der Waals surface area contributed by atoms with Gasteiger partial charge in [0.25, 0.3) is 5.88 Å². The van der Waals surface area contributed by atoms with Crippen molar-refractivity contribution in [2.24, 2.45) is 0 Å². The second-order valence-electron chi connectivity index (χ2n) is 3.36. The maximum Gasteiger partial charge on any atom is 0.262 e. The summed E-state index contributed by atoms with van der Waals surface area (Å²) in [5.74, 6) is 2.42. The first kappa shape index (κ1) is 9.71. The monoisotopic (exact) mass is 231 g/mol. The average molecular weight is 231 g/mol. The van der Waals surface area contributed by atoms with E-state index >= 15 is 0 Å². The average Bonchev–Trinajstić information content (AvgIpc) is 2.79. The summed E-state index contributed by atoms with van der Waals surface area (Å²) >= 11 is 0. The number of anilines is 1. The maximum atomic E-state index is 5.63. The number of ether oxygens (including phenoxy) is 3. The van der Waals surface area contributed by atoms with Crippen molar-refractivity contribution >= 4 is 5.82 Å². The highest BCUT2D eigenvalue weighted by Crippen LogP contribution is 2.36. The molecule has 6 nitrogen and oxygen atoms in total. The molecule has 0 spiro atoms. The minimum Gasteiger partial charge on any atom is -0.454 e. The molecular formula is C11H9N3O3. The van der Waals surface area contributed by atoms with Crippen LogP contribution in [0, 0.1) is 0 Å². The Labute approximate surface area is 97.0 Å². The van der Waals surface area contributed by atoms with Gasteiger partial charge in [-0.1, -0.05) is 0 Å². The molecule has 1 aliphatic heterocycles. The van der Waals surface area contributed by atoms with E-state index in [9.17, 15) is 0 Å². The lowest BCUT2D eigenvalue weighted by Gasteiger charge is -2.06. The van der Waals surface area contributed by atoms with Crippen molar-refractivity contribution in [3.05, 3.63) is 30.6 Å². The lowest BCUT2D eigenvalue weighted by Crippen LogP contribution is -1.96. The summed E-state index contributed by atoms with van der Waals surface area (Å²) in [5, 5.41) is 0. The standard InChI is InChI=1S/C11H9N3O3/c12-10-11(14-4-3-13-10)17-7-1-2-8-9(5-7)16-6-15-8/h1-5H,6H2,(H2,12,13). The van der Waals surface area contributed by atoms with Crippen LogP contribution in [0.15, 0.2) is 30.6 Å². The van der Waals surface area contributed by atoms with Crippen molar-refractivity contribution in [1.29, 1.82) is 0 Å². The minimum atomic E-state index is 0.228. The van der Waals surface area contributed by atoms with Gasteiger partial charge >= 0.3 is 0 Å². The predicted molar refractivity (Wildman–Crippen MR) is 59.1 cm³/mol. The molecule has 0 unspecified atom stereocenters. The Bertz CT molecular complexity index is 559. The van der Waals surface area contributed by atoms with Gasteiger partial charge in [0.2, 0.25) is 6.79 Å².